The molecule has 13 heteroatoms. The number of nitrogens with zero attached hydrogens (tertiary/aromatic N) is 4. The average Bonchev–Trinajstić information content (AvgIpc) is 3.37. The fraction of sp³-hybridized carbons (Fsp3) is 0.545. The highest BCUT2D eigenvalue weighted by molar-refractivity contribution is 7.92. The molecule has 252 valence electrons. The summed E-state index contributed by atoms with van der Waals surface area (Å²) in [5.41, 5.74) is 1.76. The normalized spacial score (nSPS) is 20.9. The van der Waals surface area contributed by atoms with Gasteiger partial charge in [-0.1, -0.05) is 12.1 Å². The Labute approximate surface area is 272 Å². The molecule has 0 aliphatic carbocycles. The number of fused-ring (bicyclic) bond motifs is 1. The summed E-state index contributed by atoms with van der Waals surface area (Å²) in [6, 6.07) is 8.13. The largest absolute Gasteiger partial charge is 0.490 e. The van der Waals surface area contributed by atoms with Crippen LogP contribution in [-0.4, -0.2) is 91.0 Å². The molecule has 2 N–H and O–H groups in total. The smallest absolute Gasteiger partial charge is 0.267 e. The summed E-state index contributed by atoms with van der Waals surface area (Å²) in [6.07, 6.45) is 5.65. The molecular weight excluding hydrogens is 610 g/mol. The molecule has 0 saturated heterocycles. The van der Waals surface area contributed by atoms with Gasteiger partial charge in [-0.25, -0.2) is 8.42 Å². The Morgan fingerprint density at radius 3 is 2.57 bits per heavy atom. The topological polar surface area (TPSA) is 147 Å². The summed E-state index contributed by atoms with van der Waals surface area (Å²) in [5, 5.41) is 14.0. The van der Waals surface area contributed by atoms with Gasteiger partial charge in [0.25, 0.3) is 15.9 Å². The van der Waals surface area contributed by atoms with Gasteiger partial charge in [-0.05, 0) is 89.9 Å². The number of aliphatic hydroxyl groups is 1. The Balaban J connectivity index is 1.66. The van der Waals surface area contributed by atoms with E-state index >= 15 is 0 Å². The van der Waals surface area contributed by atoms with Crippen molar-refractivity contribution >= 4 is 21.6 Å². The van der Waals surface area contributed by atoms with Gasteiger partial charge in [-0.2, -0.15) is 0 Å². The summed E-state index contributed by atoms with van der Waals surface area (Å²) in [6.45, 7) is 10.9. The Morgan fingerprint density at radius 2 is 1.89 bits per heavy atom. The molecule has 0 bridgehead atoms. The minimum atomic E-state index is -4.06. The molecule has 0 radical (unpaired) electrons. The molecular formula is C33H47N5O7S. The van der Waals surface area contributed by atoms with Crippen LogP contribution in [0.15, 0.2) is 52.1 Å². The highest BCUT2D eigenvalue weighted by atomic mass is 32.2. The SMILES string of the molecule is Cc1noc(C)c1S(=O)(=O)Nc1ccc2c(c1)C(=O)N([C@@H](C)CO)C[C@@H](C)[C@H](CN(C)Cc1ccncc1)OCCCC[C@@H](C)O2. The lowest BCUT2D eigenvalue weighted by molar-refractivity contribution is -0.0177. The number of hydrogen-bond acceptors (Lipinski definition) is 10. The Hall–Kier alpha value is -3.52. The van der Waals surface area contributed by atoms with Crippen LogP contribution < -0.4 is 9.46 Å². The van der Waals surface area contributed by atoms with Gasteiger partial charge >= 0.3 is 0 Å². The maximum atomic E-state index is 14.4. The van der Waals surface area contributed by atoms with E-state index in [1.807, 2.05) is 26.1 Å². The molecule has 4 atom stereocenters. The number of hydrogen-bond donors (Lipinski definition) is 2. The molecule has 3 heterocycles. The van der Waals surface area contributed by atoms with E-state index in [1.54, 1.807) is 43.3 Å². The second-order valence-electron chi connectivity index (χ2n) is 12.3. The van der Waals surface area contributed by atoms with Crippen molar-refractivity contribution in [2.24, 2.45) is 5.92 Å². The number of ether oxygens (including phenoxy) is 2. The number of amides is 1. The maximum absolute atomic E-state index is 14.4. The predicted molar refractivity (Wildman–Crippen MR) is 174 cm³/mol. The summed E-state index contributed by atoms with van der Waals surface area (Å²) in [7, 11) is -2.01. The highest BCUT2D eigenvalue weighted by Crippen LogP contribution is 2.30. The summed E-state index contributed by atoms with van der Waals surface area (Å²) >= 11 is 0. The molecule has 0 unspecified atom stereocenters. The zero-order chi connectivity index (χ0) is 33.4. The lowest BCUT2D eigenvalue weighted by Gasteiger charge is -2.36. The third-order valence-corrected chi connectivity index (χ3v) is 9.86. The van der Waals surface area contributed by atoms with E-state index in [9.17, 15) is 18.3 Å². The third-order valence-electron chi connectivity index (χ3n) is 8.23. The van der Waals surface area contributed by atoms with Gasteiger partial charge in [-0.3, -0.25) is 19.4 Å². The number of rotatable bonds is 9. The number of aryl methyl sites for hydroxylation is 2. The van der Waals surface area contributed by atoms with Crippen molar-refractivity contribution in [1.82, 2.24) is 19.9 Å². The van der Waals surface area contributed by atoms with Gasteiger partial charge in [0.05, 0.1) is 30.4 Å². The highest BCUT2D eigenvalue weighted by Gasteiger charge is 2.31. The Bertz CT molecular complexity index is 1530. The average molecular weight is 658 g/mol. The number of aliphatic hydroxyl groups excluding tert-OH is 1. The van der Waals surface area contributed by atoms with Crippen molar-refractivity contribution in [3.63, 3.8) is 0 Å². The van der Waals surface area contributed by atoms with Crippen LogP contribution in [0.3, 0.4) is 0 Å². The third kappa shape index (κ3) is 9.05. The Kier molecular flexibility index (Phi) is 12.2. The van der Waals surface area contributed by atoms with Crippen LogP contribution in [0.1, 0.15) is 67.4 Å². The quantitative estimate of drug-likeness (QED) is 0.339. The fourth-order valence-electron chi connectivity index (χ4n) is 5.68. The molecule has 46 heavy (non-hydrogen) atoms. The molecule has 1 amide bonds. The molecule has 12 nitrogen and oxygen atoms in total. The number of aromatic nitrogens is 2. The molecule has 0 spiro atoms. The number of pyridine rings is 1. The molecule has 1 aromatic carbocycles. The number of sulfonamides is 1. The van der Waals surface area contributed by atoms with Crippen LogP contribution in [-0.2, 0) is 21.3 Å². The van der Waals surface area contributed by atoms with E-state index in [1.165, 1.54) is 13.0 Å². The van der Waals surface area contributed by atoms with Crippen LogP contribution in [0.25, 0.3) is 0 Å². The lowest BCUT2D eigenvalue weighted by atomic mass is 10.0. The van der Waals surface area contributed by atoms with E-state index < -0.39 is 16.1 Å². The van der Waals surface area contributed by atoms with Gasteiger partial charge in [0.15, 0.2) is 10.7 Å². The summed E-state index contributed by atoms with van der Waals surface area (Å²) in [5.74, 6) is 0.0411. The van der Waals surface area contributed by atoms with Crippen LogP contribution in [0.5, 0.6) is 5.75 Å². The van der Waals surface area contributed by atoms with Crippen molar-refractivity contribution < 1.29 is 32.3 Å². The molecule has 0 fully saturated rings. The van der Waals surface area contributed by atoms with Gasteiger partial charge in [0, 0.05) is 50.2 Å². The van der Waals surface area contributed by atoms with E-state index in [-0.39, 0.29) is 58.2 Å². The standard InChI is InChI=1S/C33H47N5O7S/c1-22-18-38(23(2)21-39)33(40)29-17-28(36-46(41,42)32-25(4)35-45-26(32)5)10-11-30(29)44-24(3)9-7-8-16-43-31(22)20-37(6)19-27-12-14-34-15-13-27/h10-15,17,22-24,31,36,39H,7-9,16,18-21H2,1-6H3/t22-,23+,24-,31+/m1/s1. The minimum absolute atomic E-state index is 0.0481. The molecule has 1 aliphatic rings. The first-order valence-electron chi connectivity index (χ1n) is 15.8. The van der Waals surface area contributed by atoms with Gasteiger partial charge in [-0.15, -0.1) is 0 Å². The molecule has 0 saturated carbocycles. The second kappa shape index (κ2) is 15.9. The minimum Gasteiger partial charge on any atom is -0.490 e. The van der Waals surface area contributed by atoms with E-state index in [2.05, 4.69) is 26.7 Å². The van der Waals surface area contributed by atoms with Gasteiger partial charge < -0.3 is 24.0 Å². The number of carbonyl (C=O) groups is 1. The number of carbonyl (C=O) groups excluding carboxylic acids is 1. The van der Waals surface area contributed by atoms with Crippen molar-refractivity contribution in [1.29, 1.82) is 0 Å². The second-order valence-corrected chi connectivity index (χ2v) is 13.9. The van der Waals surface area contributed by atoms with E-state index in [0.717, 1.165) is 31.4 Å². The van der Waals surface area contributed by atoms with Crippen LogP contribution in [0, 0.1) is 19.8 Å². The zero-order valence-corrected chi connectivity index (χ0v) is 28.4. The number of benzene rings is 1. The lowest BCUT2D eigenvalue weighted by Crippen LogP contribution is -2.47. The first-order chi connectivity index (χ1) is 21.9. The first kappa shape index (κ1) is 35.3. The van der Waals surface area contributed by atoms with Gasteiger partial charge in [0.2, 0.25) is 0 Å². The van der Waals surface area contributed by atoms with Crippen LogP contribution in [0.4, 0.5) is 5.69 Å². The zero-order valence-electron chi connectivity index (χ0n) is 27.6. The molecule has 1 aliphatic heterocycles. The molecule has 2 aromatic heterocycles. The summed E-state index contributed by atoms with van der Waals surface area (Å²) in [4.78, 5) is 22.2. The van der Waals surface area contributed by atoms with Gasteiger partial charge in [0.1, 0.15) is 11.4 Å². The number of anilines is 1. The van der Waals surface area contributed by atoms with Crippen LogP contribution >= 0.6 is 0 Å². The first-order valence-corrected chi connectivity index (χ1v) is 17.2. The number of likely N-dealkylation sites (N-methyl/N-ethyl adjacent to an activating group) is 1. The Morgan fingerprint density at radius 1 is 1.15 bits per heavy atom. The molecule has 4 rings (SSSR count). The van der Waals surface area contributed by atoms with Crippen molar-refractivity contribution in [2.75, 3.05) is 38.1 Å². The molecule has 3 aromatic rings. The maximum Gasteiger partial charge on any atom is 0.267 e. The monoisotopic (exact) mass is 657 g/mol. The number of nitrogens with one attached hydrogen (secondary N) is 1. The predicted octanol–water partition coefficient (Wildman–Crippen LogP) is 4.41. The fourth-order valence-corrected chi connectivity index (χ4v) is 7.07. The summed E-state index contributed by atoms with van der Waals surface area (Å²) < 4.78 is 46.9. The van der Waals surface area contributed by atoms with Crippen molar-refractivity contribution in [3.05, 3.63) is 65.3 Å². The van der Waals surface area contributed by atoms with Crippen molar-refractivity contribution in [2.45, 2.75) is 83.6 Å². The van der Waals surface area contributed by atoms with E-state index in [4.69, 9.17) is 14.0 Å². The van der Waals surface area contributed by atoms with E-state index in [0.29, 0.717) is 25.4 Å². The van der Waals surface area contributed by atoms with Crippen LogP contribution in [0.2, 0.25) is 0 Å². The van der Waals surface area contributed by atoms with Crippen molar-refractivity contribution in [3.8, 4) is 5.75 Å².